The highest BCUT2D eigenvalue weighted by atomic mass is 14.3. The Balaban J connectivity index is 1.90. The minimum absolute atomic E-state index is 0.584. The second-order valence-corrected chi connectivity index (χ2v) is 6.27. The Hall–Kier alpha value is -1.56. The minimum Gasteiger partial charge on any atom is -0.0996 e. The van der Waals surface area contributed by atoms with Gasteiger partial charge in [0, 0.05) is 0 Å². The van der Waals surface area contributed by atoms with Gasteiger partial charge >= 0.3 is 0 Å². The highest BCUT2D eigenvalue weighted by molar-refractivity contribution is 5.33. The summed E-state index contributed by atoms with van der Waals surface area (Å²) < 4.78 is 0. The fraction of sp³-hybridized carbons (Fsp3) is 0.400. The summed E-state index contributed by atoms with van der Waals surface area (Å²) in [6.07, 6.45) is 4.45. The molecule has 0 radical (unpaired) electrons. The van der Waals surface area contributed by atoms with Crippen LogP contribution in [0.15, 0.2) is 60.7 Å². The highest BCUT2D eigenvalue weighted by Crippen LogP contribution is 2.35. The van der Waals surface area contributed by atoms with Crippen LogP contribution in [0, 0.1) is 11.8 Å². The van der Waals surface area contributed by atoms with Crippen molar-refractivity contribution in [1.29, 1.82) is 0 Å². The van der Waals surface area contributed by atoms with Crippen molar-refractivity contribution in [2.75, 3.05) is 0 Å². The van der Waals surface area contributed by atoms with Gasteiger partial charge < -0.3 is 0 Å². The number of fused-ring (bicyclic) bond motifs is 1. The van der Waals surface area contributed by atoms with Gasteiger partial charge in [0.2, 0.25) is 0 Å². The zero-order valence-corrected chi connectivity index (χ0v) is 12.9. The Labute approximate surface area is 123 Å². The van der Waals surface area contributed by atoms with Crippen LogP contribution in [-0.2, 0) is 12.8 Å². The molecule has 1 aromatic carbocycles. The average Bonchev–Trinajstić information content (AvgIpc) is 2.87. The van der Waals surface area contributed by atoms with Gasteiger partial charge in [0.05, 0.1) is 0 Å². The third kappa shape index (κ3) is 3.30. The van der Waals surface area contributed by atoms with E-state index < -0.39 is 0 Å². The Morgan fingerprint density at radius 1 is 1.10 bits per heavy atom. The number of rotatable bonds is 6. The molecule has 106 valence electrons. The lowest BCUT2D eigenvalue weighted by Crippen LogP contribution is -2.14. The molecule has 0 amide bonds. The molecular weight excluding hydrogens is 240 g/mol. The van der Waals surface area contributed by atoms with E-state index in [-0.39, 0.29) is 0 Å². The topological polar surface area (TPSA) is 0 Å². The monoisotopic (exact) mass is 266 g/mol. The molecule has 0 saturated heterocycles. The fourth-order valence-corrected chi connectivity index (χ4v) is 3.03. The molecule has 20 heavy (non-hydrogen) atoms. The summed E-state index contributed by atoms with van der Waals surface area (Å²) in [5.74, 6) is 1.30. The summed E-state index contributed by atoms with van der Waals surface area (Å²) in [5, 5.41) is 0. The average molecular weight is 266 g/mol. The molecule has 0 fully saturated rings. The Bertz CT molecular complexity index is 508. The number of allylic oxidation sites excluding steroid dienone is 3. The molecule has 0 aliphatic heterocycles. The van der Waals surface area contributed by atoms with Crippen LogP contribution in [0.5, 0.6) is 0 Å². The Morgan fingerprint density at radius 3 is 2.15 bits per heavy atom. The van der Waals surface area contributed by atoms with Crippen molar-refractivity contribution >= 4 is 0 Å². The van der Waals surface area contributed by atoms with E-state index in [9.17, 15) is 0 Å². The van der Waals surface area contributed by atoms with Gasteiger partial charge in [-0.2, -0.15) is 0 Å². The molecule has 0 N–H and O–H groups in total. The molecule has 0 aromatic heterocycles. The van der Waals surface area contributed by atoms with Crippen molar-refractivity contribution < 1.29 is 0 Å². The van der Waals surface area contributed by atoms with Crippen molar-refractivity contribution in [3.8, 4) is 0 Å². The van der Waals surface area contributed by atoms with Crippen LogP contribution in [0.4, 0.5) is 0 Å². The van der Waals surface area contributed by atoms with Gasteiger partial charge in [-0.15, -0.1) is 0 Å². The van der Waals surface area contributed by atoms with Gasteiger partial charge in [0.1, 0.15) is 0 Å². The van der Waals surface area contributed by atoms with Crippen molar-refractivity contribution in [1.82, 2.24) is 0 Å². The normalized spacial score (nSPS) is 15.7. The molecule has 1 aliphatic carbocycles. The molecule has 1 unspecified atom stereocenters. The van der Waals surface area contributed by atoms with Crippen LogP contribution in [0.3, 0.4) is 0 Å². The van der Waals surface area contributed by atoms with Crippen LogP contribution in [0.1, 0.15) is 37.8 Å². The smallest absolute Gasteiger partial charge is 0.0200 e. The van der Waals surface area contributed by atoms with E-state index in [0.29, 0.717) is 5.92 Å². The molecule has 0 bridgehead atoms. The molecule has 0 heteroatoms. The number of benzene rings is 1. The first kappa shape index (κ1) is 14.8. The standard InChI is InChI=1S/C20H26/c1-14(2)15(3)10-11-16(4)17(5)20-12-18-8-6-7-9-19(18)13-20/h6-9,17,20H,1,3-4,10-13H2,2,5H3. The zero-order chi connectivity index (χ0) is 14.7. The van der Waals surface area contributed by atoms with E-state index in [0.717, 1.165) is 29.9 Å². The van der Waals surface area contributed by atoms with Crippen LogP contribution < -0.4 is 0 Å². The van der Waals surface area contributed by atoms with Gasteiger partial charge in [-0.25, -0.2) is 0 Å². The van der Waals surface area contributed by atoms with E-state index in [1.54, 1.807) is 0 Å². The third-order valence-corrected chi connectivity index (χ3v) is 4.79. The fourth-order valence-electron chi connectivity index (χ4n) is 3.03. The van der Waals surface area contributed by atoms with E-state index in [2.05, 4.69) is 50.9 Å². The maximum Gasteiger partial charge on any atom is -0.0200 e. The van der Waals surface area contributed by atoms with E-state index >= 15 is 0 Å². The third-order valence-electron chi connectivity index (χ3n) is 4.79. The van der Waals surface area contributed by atoms with Crippen molar-refractivity contribution in [2.45, 2.75) is 39.5 Å². The molecule has 0 spiro atoms. The van der Waals surface area contributed by atoms with E-state index in [4.69, 9.17) is 0 Å². The molecule has 0 saturated carbocycles. The maximum atomic E-state index is 4.32. The minimum atomic E-state index is 0.584. The summed E-state index contributed by atoms with van der Waals surface area (Å²) in [6.45, 7) is 16.7. The van der Waals surface area contributed by atoms with Gasteiger partial charge in [0.25, 0.3) is 0 Å². The van der Waals surface area contributed by atoms with Crippen molar-refractivity contribution in [3.05, 3.63) is 71.8 Å². The molecule has 0 nitrogen and oxygen atoms in total. The van der Waals surface area contributed by atoms with E-state index in [1.165, 1.54) is 29.5 Å². The van der Waals surface area contributed by atoms with Gasteiger partial charge in [0.15, 0.2) is 0 Å². The van der Waals surface area contributed by atoms with Crippen molar-refractivity contribution in [2.24, 2.45) is 11.8 Å². The van der Waals surface area contributed by atoms with Crippen LogP contribution >= 0.6 is 0 Å². The molecule has 1 atom stereocenters. The first-order chi connectivity index (χ1) is 9.49. The predicted octanol–water partition coefficient (Wildman–Crippen LogP) is 5.51. The first-order valence-electron chi connectivity index (χ1n) is 7.57. The Kier molecular flexibility index (Phi) is 4.65. The molecule has 1 aromatic rings. The maximum absolute atomic E-state index is 4.32. The van der Waals surface area contributed by atoms with E-state index in [1.807, 2.05) is 6.92 Å². The van der Waals surface area contributed by atoms with Gasteiger partial charge in [-0.05, 0) is 55.6 Å². The van der Waals surface area contributed by atoms with Crippen LogP contribution in [-0.4, -0.2) is 0 Å². The lowest BCUT2D eigenvalue weighted by molar-refractivity contribution is 0.415. The number of hydrogen-bond donors (Lipinski definition) is 0. The summed E-state index contributed by atoms with van der Waals surface area (Å²) in [7, 11) is 0. The molecule has 1 aliphatic rings. The van der Waals surface area contributed by atoms with Crippen LogP contribution in [0.2, 0.25) is 0 Å². The SMILES string of the molecule is C=C(C)C(=C)CCC(=C)C(C)C1Cc2ccccc2C1. The summed E-state index contributed by atoms with van der Waals surface area (Å²) in [6, 6.07) is 8.84. The highest BCUT2D eigenvalue weighted by Gasteiger charge is 2.26. The zero-order valence-electron chi connectivity index (χ0n) is 12.9. The van der Waals surface area contributed by atoms with Crippen LogP contribution in [0.25, 0.3) is 0 Å². The molecular formula is C20H26. The molecule has 0 heterocycles. The molecule has 2 rings (SSSR count). The van der Waals surface area contributed by atoms with Crippen molar-refractivity contribution in [3.63, 3.8) is 0 Å². The second-order valence-electron chi connectivity index (χ2n) is 6.27. The summed E-state index contributed by atoms with van der Waals surface area (Å²) in [5.41, 5.74) is 6.68. The number of hydrogen-bond acceptors (Lipinski definition) is 0. The summed E-state index contributed by atoms with van der Waals surface area (Å²) in [4.78, 5) is 0. The summed E-state index contributed by atoms with van der Waals surface area (Å²) >= 11 is 0. The lowest BCUT2D eigenvalue weighted by Gasteiger charge is -2.22. The predicted molar refractivity (Wildman–Crippen MR) is 88.8 cm³/mol. The largest absolute Gasteiger partial charge is 0.0996 e. The van der Waals surface area contributed by atoms with Gasteiger partial charge in [-0.1, -0.05) is 67.6 Å². The second kappa shape index (κ2) is 6.26. The Morgan fingerprint density at radius 2 is 1.65 bits per heavy atom. The first-order valence-corrected chi connectivity index (χ1v) is 7.57. The van der Waals surface area contributed by atoms with Gasteiger partial charge in [-0.3, -0.25) is 0 Å². The lowest BCUT2D eigenvalue weighted by atomic mass is 9.83. The quantitative estimate of drug-likeness (QED) is 0.470.